The molecule has 4 aromatic rings. The first-order chi connectivity index (χ1) is 30.4. The molecule has 4 aromatic carbocycles. The van der Waals surface area contributed by atoms with Gasteiger partial charge in [0.25, 0.3) is 11.8 Å². The quantitative estimate of drug-likeness (QED) is 0.0648. The van der Waals surface area contributed by atoms with Crippen molar-refractivity contribution in [3.05, 3.63) is 96.1 Å². The Morgan fingerprint density at radius 1 is 0.508 bits per heavy atom. The van der Waals surface area contributed by atoms with Gasteiger partial charge in [0.1, 0.15) is 23.0 Å². The summed E-state index contributed by atoms with van der Waals surface area (Å²) in [5, 5.41) is 20.8. The van der Waals surface area contributed by atoms with Gasteiger partial charge in [-0.1, -0.05) is 19.3 Å². The average molecular weight is 869 g/mol. The van der Waals surface area contributed by atoms with E-state index in [0.717, 1.165) is 130 Å². The predicted octanol–water partition coefficient (Wildman–Crippen LogP) is 6.28. The van der Waals surface area contributed by atoms with Gasteiger partial charge in [-0.3, -0.25) is 9.59 Å². The molecule has 0 spiro atoms. The molecule has 0 aliphatic carbocycles. The Labute approximate surface area is 369 Å². The van der Waals surface area contributed by atoms with E-state index in [4.69, 9.17) is 38.7 Å². The number of nitrogens with zero attached hydrogens (tertiary/aromatic N) is 4. The molecule has 0 bridgehead atoms. The van der Waals surface area contributed by atoms with Crippen molar-refractivity contribution in [3.63, 3.8) is 0 Å². The molecule has 2 heterocycles. The maximum Gasteiger partial charge on any atom is 0.414 e. The minimum atomic E-state index is -1.82. The van der Waals surface area contributed by atoms with Gasteiger partial charge in [-0.25, -0.2) is 9.59 Å². The first-order valence-corrected chi connectivity index (χ1v) is 21.2. The smallest absolute Gasteiger partial charge is 0.414 e. The van der Waals surface area contributed by atoms with Gasteiger partial charge in [0, 0.05) is 74.9 Å². The van der Waals surface area contributed by atoms with Gasteiger partial charge in [0.2, 0.25) is 0 Å². The maximum atomic E-state index is 13.0. The van der Waals surface area contributed by atoms with Gasteiger partial charge in [0.15, 0.2) is 0 Å². The van der Waals surface area contributed by atoms with Gasteiger partial charge in [-0.15, -0.1) is 0 Å². The van der Waals surface area contributed by atoms with E-state index in [1.807, 2.05) is 60.7 Å². The van der Waals surface area contributed by atoms with Crippen LogP contribution in [0.3, 0.4) is 0 Å². The summed E-state index contributed by atoms with van der Waals surface area (Å²) < 4.78 is 23.1. The van der Waals surface area contributed by atoms with Crippen molar-refractivity contribution in [1.82, 2.24) is 9.80 Å². The fraction of sp³-hybridized carbons (Fsp3) is 0.404. The van der Waals surface area contributed by atoms with E-state index in [9.17, 15) is 9.59 Å². The van der Waals surface area contributed by atoms with Crippen LogP contribution >= 0.6 is 0 Å². The SMILES string of the molecule is COc1ccc(NC(=O)c2ccc(OCCCCCCCOc3ccc(C(=O)Nc4ccc(OC)c(N5CCN(C)CC5)c4)cc3)cc2)cc1N1CCN(C)CC1.O=C(O)C(=O)O. The van der Waals surface area contributed by atoms with Crippen LogP contribution in [0.5, 0.6) is 23.0 Å². The van der Waals surface area contributed by atoms with Gasteiger partial charge in [-0.2, -0.15) is 0 Å². The van der Waals surface area contributed by atoms with E-state index in [1.54, 1.807) is 38.5 Å². The second kappa shape index (κ2) is 24.2. The standard InChI is InChI=1S/C45H58N6O6.C2H2O4/c1-48-22-26-50(27-23-48)40-32-36(14-20-42(40)54-3)46-44(52)34-10-16-38(17-11-34)56-30-8-6-5-7-9-31-57-39-18-12-35(13-19-39)45(53)47-37-15-21-43(55-4)41(33-37)51-28-24-49(2)25-29-51;3-1(4)2(5)6/h10-21,32-33H,5-9,22-31H2,1-4H3,(H,46,52)(H,47,53);(H,3,4)(H,5,6). The van der Waals surface area contributed by atoms with Crippen molar-refractivity contribution < 1.29 is 48.3 Å². The fourth-order valence-corrected chi connectivity index (χ4v) is 7.05. The molecule has 63 heavy (non-hydrogen) atoms. The summed E-state index contributed by atoms with van der Waals surface area (Å²) in [5.74, 6) is -0.873. The topological polar surface area (TPSA) is 183 Å². The number of nitrogens with one attached hydrogen (secondary N) is 2. The molecule has 2 saturated heterocycles. The lowest BCUT2D eigenvalue weighted by Gasteiger charge is -2.34. The molecule has 2 fully saturated rings. The van der Waals surface area contributed by atoms with Crippen molar-refractivity contribution in [3.8, 4) is 23.0 Å². The van der Waals surface area contributed by atoms with Crippen molar-refractivity contribution in [2.45, 2.75) is 32.1 Å². The molecular formula is C47H60N6O10. The number of hydrogen-bond acceptors (Lipinski definition) is 12. The number of unbranched alkanes of at least 4 members (excludes halogenated alkanes) is 4. The molecule has 2 aliphatic rings. The number of aliphatic carboxylic acids is 2. The Bertz CT molecular complexity index is 1950. The Morgan fingerprint density at radius 3 is 1.19 bits per heavy atom. The number of rotatable bonds is 18. The number of carboxylic acids is 2. The lowest BCUT2D eigenvalue weighted by atomic mass is 10.1. The summed E-state index contributed by atoms with van der Waals surface area (Å²) in [6.07, 6.45) is 5.12. The molecule has 0 saturated carbocycles. The minimum Gasteiger partial charge on any atom is -0.495 e. The number of anilines is 4. The summed E-state index contributed by atoms with van der Waals surface area (Å²) >= 11 is 0. The fourth-order valence-electron chi connectivity index (χ4n) is 7.05. The van der Waals surface area contributed by atoms with E-state index in [1.165, 1.54) is 0 Å². The average Bonchev–Trinajstić information content (AvgIpc) is 3.29. The summed E-state index contributed by atoms with van der Waals surface area (Å²) in [6, 6.07) is 26.1. The monoisotopic (exact) mass is 868 g/mol. The van der Waals surface area contributed by atoms with Gasteiger partial charge in [-0.05, 0) is 112 Å². The van der Waals surface area contributed by atoms with Gasteiger partial charge >= 0.3 is 11.9 Å². The zero-order valence-electron chi connectivity index (χ0n) is 36.6. The van der Waals surface area contributed by atoms with Crippen LogP contribution in [0.1, 0.15) is 52.8 Å². The Balaban J connectivity index is 0.00000116. The maximum absolute atomic E-state index is 13.0. The molecule has 338 valence electrons. The third-order valence-corrected chi connectivity index (χ3v) is 10.8. The molecule has 4 N–H and O–H groups in total. The largest absolute Gasteiger partial charge is 0.495 e. The van der Waals surface area contributed by atoms with Gasteiger partial charge < -0.3 is 59.4 Å². The van der Waals surface area contributed by atoms with E-state index < -0.39 is 11.9 Å². The number of benzene rings is 4. The first kappa shape index (κ1) is 47.5. The normalized spacial score (nSPS) is 14.2. The van der Waals surface area contributed by atoms with E-state index >= 15 is 0 Å². The molecule has 2 aliphatic heterocycles. The number of hydrogen-bond donors (Lipinski definition) is 4. The number of methoxy groups -OCH3 is 2. The number of amides is 2. The Morgan fingerprint density at radius 2 is 0.857 bits per heavy atom. The zero-order valence-corrected chi connectivity index (χ0v) is 36.6. The minimum absolute atomic E-state index is 0.166. The summed E-state index contributed by atoms with van der Waals surface area (Å²) in [4.78, 5) is 53.5. The molecular weight excluding hydrogens is 809 g/mol. The van der Waals surface area contributed by atoms with Crippen LogP contribution in [0.4, 0.5) is 22.7 Å². The number of piperazine rings is 2. The highest BCUT2D eigenvalue weighted by atomic mass is 16.5. The number of carbonyl (C=O) groups is 4. The number of carboxylic acid groups (broad SMARTS) is 2. The second-order valence-corrected chi connectivity index (χ2v) is 15.4. The highest BCUT2D eigenvalue weighted by molar-refractivity contribution is 6.27. The highest BCUT2D eigenvalue weighted by Gasteiger charge is 2.20. The Hall–Kier alpha value is -6.52. The van der Waals surface area contributed by atoms with E-state index in [0.29, 0.717) is 24.3 Å². The van der Waals surface area contributed by atoms with Crippen LogP contribution in [-0.4, -0.2) is 138 Å². The molecule has 16 nitrogen and oxygen atoms in total. The van der Waals surface area contributed by atoms with Crippen LogP contribution in [-0.2, 0) is 9.59 Å². The lowest BCUT2D eigenvalue weighted by Crippen LogP contribution is -2.44. The van der Waals surface area contributed by atoms with Crippen LogP contribution < -0.4 is 39.4 Å². The Kier molecular flexibility index (Phi) is 18.3. The van der Waals surface area contributed by atoms with Crippen LogP contribution in [0.25, 0.3) is 0 Å². The van der Waals surface area contributed by atoms with Gasteiger partial charge in [0.05, 0.1) is 38.8 Å². The molecule has 0 aromatic heterocycles. The third kappa shape index (κ3) is 14.8. The number of likely N-dealkylation sites (N-methyl/N-ethyl adjacent to an activating group) is 2. The van der Waals surface area contributed by atoms with Crippen molar-refractivity contribution >= 4 is 46.5 Å². The van der Waals surface area contributed by atoms with Crippen molar-refractivity contribution in [1.29, 1.82) is 0 Å². The molecule has 0 radical (unpaired) electrons. The first-order valence-electron chi connectivity index (χ1n) is 21.2. The van der Waals surface area contributed by atoms with Crippen molar-refractivity contribution in [2.75, 3.05) is 114 Å². The summed E-state index contributed by atoms with van der Waals surface area (Å²) in [7, 11) is 7.61. The molecule has 6 rings (SSSR count). The second-order valence-electron chi connectivity index (χ2n) is 15.4. The molecule has 2 amide bonds. The molecule has 0 atom stereocenters. The third-order valence-electron chi connectivity index (χ3n) is 10.8. The van der Waals surface area contributed by atoms with Crippen LogP contribution in [0, 0.1) is 0 Å². The van der Waals surface area contributed by atoms with Crippen LogP contribution in [0.15, 0.2) is 84.9 Å². The van der Waals surface area contributed by atoms with E-state index in [-0.39, 0.29) is 11.8 Å². The number of ether oxygens (including phenoxy) is 4. The molecule has 16 heteroatoms. The predicted molar refractivity (Wildman–Crippen MR) is 244 cm³/mol. The highest BCUT2D eigenvalue weighted by Crippen LogP contribution is 2.34. The lowest BCUT2D eigenvalue weighted by molar-refractivity contribution is -0.159. The number of carbonyl (C=O) groups excluding carboxylic acids is 2. The summed E-state index contributed by atoms with van der Waals surface area (Å²) in [5.41, 5.74) is 4.60. The molecule has 0 unspecified atom stereocenters. The zero-order chi connectivity index (χ0) is 45.1. The van der Waals surface area contributed by atoms with E-state index in [2.05, 4.69) is 44.3 Å². The van der Waals surface area contributed by atoms with Crippen molar-refractivity contribution in [2.24, 2.45) is 0 Å². The summed E-state index contributed by atoms with van der Waals surface area (Å²) in [6.45, 7) is 8.82. The van der Waals surface area contributed by atoms with Crippen LogP contribution in [0.2, 0.25) is 0 Å².